The Balaban J connectivity index is 0.00000161. The minimum absolute atomic E-state index is 0. The summed E-state index contributed by atoms with van der Waals surface area (Å²) in [6.45, 7) is 1.88. The number of nitrogens with zero attached hydrogens (tertiary/aromatic N) is 4. The van der Waals surface area contributed by atoms with Crippen LogP contribution in [0.15, 0.2) is 4.52 Å². The third-order valence-corrected chi connectivity index (χ3v) is 3.94. The van der Waals surface area contributed by atoms with Gasteiger partial charge in [-0.05, 0) is 19.8 Å². The largest absolute Gasteiger partial charge is 0.481 e. The van der Waals surface area contributed by atoms with Gasteiger partial charge in [-0.1, -0.05) is 18.0 Å². The van der Waals surface area contributed by atoms with Crippen molar-refractivity contribution in [3.63, 3.8) is 0 Å². The quantitative estimate of drug-likeness (QED) is 0.931. The zero-order valence-corrected chi connectivity index (χ0v) is 13.2. The van der Waals surface area contributed by atoms with Gasteiger partial charge in [0, 0.05) is 7.05 Å². The second-order valence-corrected chi connectivity index (χ2v) is 5.38. The average molecular weight is 314 g/mol. The molecule has 0 saturated heterocycles. The van der Waals surface area contributed by atoms with E-state index in [0.29, 0.717) is 17.6 Å². The third kappa shape index (κ3) is 2.51. The monoisotopic (exact) mass is 313 g/mol. The molecule has 2 heterocycles. The van der Waals surface area contributed by atoms with Crippen molar-refractivity contribution in [1.29, 1.82) is 0 Å². The van der Waals surface area contributed by atoms with Crippen molar-refractivity contribution in [3.05, 3.63) is 11.5 Å². The number of methoxy groups -OCH3 is 1. The van der Waals surface area contributed by atoms with E-state index in [1.807, 2.05) is 14.0 Å². The highest BCUT2D eigenvalue weighted by atomic mass is 35.5. The number of aromatic nitrogens is 4. The van der Waals surface area contributed by atoms with Crippen LogP contribution >= 0.6 is 12.4 Å². The molecule has 0 amide bonds. The highest BCUT2D eigenvalue weighted by Gasteiger charge is 2.36. The molecule has 0 atom stereocenters. The fraction of sp³-hybridized carbons (Fsp3) is 0.615. The zero-order chi connectivity index (χ0) is 14.3. The van der Waals surface area contributed by atoms with Gasteiger partial charge in [0.25, 0.3) is 5.89 Å². The minimum Gasteiger partial charge on any atom is -0.481 e. The number of hydrogen-bond donors (Lipinski definition) is 1. The van der Waals surface area contributed by atoms with Crippen molar-refractivity contribution in [3.8, 4) is 17.3 Å². The first-order chi connectivity index (χ1) is 9.55. The van der Waals surface area contributed by atoms with Crippen LogP contribution in [0.4, 0.5) is 0 Å². The Bertz CT molecular complexity index is 631. The van der Waals surface area contributed by atoms with E-state index in [1.54, 1.807) is 11.8 Å². The summed E-state index contributed by atoms with van der Waals surface area (Å²) in [7, 11) is 3.41. The molecule has 116 valence electrons. The van der Waals surface area contributed by atoms with Gasteiger partial charge in [0.15, 0.2) is 5.82 Å². The summed E-state index contributed by atoms with van der Waals surface area (Å²) in [5.41, 5.74) is 7.42. The SMILES string of the molecule is COc1c(-c2nc(C3(N)CCCC3)no2)c(C)nn1C.Cl. The highest BCUT2D eigenvalue weighted by molar-refractivity contribution is 5.85. The molecule has 8 heteroatoms. The van der Waals surface area contributed by atoms with E-state index in [0.717, 1.165) is 36.9 Å². The summed E-state index contributed by atoms with van der Waals surface area (Å²) >= 11 is 0. The lowest BCUT2D eigenvalue weighted by Crippen LogP contribution is -2.34. The molecule has 1 saturated carbocycles. The van der Waals surface area contributed by atoms with Crippen LogP contribution < -0.4 is 10.5 Å². The Morgan fingerprint density at radius 1 is 1.33 bits per heavy atom. The first-order valence-electron chi connectivity index (χ1n) is 6.76. The summed E-state index contributed by atoms with van der Waals surface area (Å²) in [5, 5.41) is 8.38. The standard InChI is InChI=1S/C13H19N5O2.ClH/c1-8-9(11(19-3)18(2)16-8)10-15-12(17-20-10)13(14)6-4-5-7-13;/h4-7,14H2,1-3H3;1H. The van der Waals surface area contributed by atoms with Crippen molar-refractivity contribution >= 4 is 12.4 Å². The molecule has 2 aromatic heterocycles. The molecule has 0 unspecified atom stereocenters. The second-order valence-electron chi connectivity index (χ2n) is 5.38. The Kier molecular flexibility index (Phi) is 4.25. The number of rotatable bonds is 3. The molecule has 1 aliphatic rings. The fourth-order valence-electron chi connectivity index (χ4n) is 2.87. The normalized spacial score (nSPS) is 16.8. The number of aryl methyl sites for hydroxylation is 2. The molecule has 21 heavy (non-hydrogen) atoms. The average Bonchev–Trinajstić information content (AvgIpc) is 3.09. The maximum atomic E-state index is 6.35. The van der Waals surface area contributed by atoms with Crippen LogP contribution in [-0.2, 0) is 12.6 Å². The van der Waals surface area contributed by atoms with Gasteiger partial charge < -0.3 is 15.0 Å². The van der Waals surface area contributed by atoms with Gasteiger partial charge >= 0.3 is 0 Å². The first kappa shape index (κ1) is 15.8. The van der Waals surface area contributed by atoms with Crippen LogP contribution in [-0.4, -0.2) is 27.0 Å². The first-order valence-corrected chi connectivity index (χ1v) is 6.76. The molecular weight excluding hydrogens is 294 g/mol. The predicted octanol–water partition coefficient (Wildman–Crippen LogP) is 1.94. The molecule has 0 spiro atoms. The lowest BCUT2D eigenvalue weighted by Gasteiger charge is -2.17. The van der Waals surface area contributed by atoms with Crippen LogP contribution in [0.2, 0.25) is 0 Å². The van der Waals surface area contributed by atoms with Crippen LogP contribution in [0.5, 0.6) is 5.88 Å². The molecule has 2 aromatic rings. The third-order valence-electron chi connectivity index (χ3n) is 3.94. The second kappa shape index (κ2) is 5.65. The van der Waals surface area contributed by atoms with E-state index < -0.39 is 5.54 Å². The van der Waals surface area contributed by atoms with Gasteiger partial charge in [-0.25, -0.2) is 4.68 Å². The van der Waals surface area contributed by atoms with E-state index in [9.17, 15) is 0 Å². The Labute approximate surface area is 129 Å². The van der Waals surface area contributed by atoms with Gasteiger partial charge in [-0.2, -0.15) is 10.1 Å². The lowest BCUT2D eigenvalue weighted by atomic mass is 9.99. The molecule has 0 bridgehead atoms. The molecule has 0 aromatic carbocycles. The van der Waals surface area contributed by atoms with Gasteiger partial charge in [0.05, 0.1) is 18.3 Å². The Hall–Kier alpha value is -1.60. The highest BCUT2D eigenvalue weighted by Crippen LogP contribution is 2.37. The van der Waals surface area contributed by atoms with Crippen molar-refractivity contribution < 1.29 is 9.26 Å². The zero-order valence-electron chi connectivity index (χ0n) is 12.4. The van der Waals surface area contributed by atoms with Gasteiger partial charge in [-0.15, -0.1) is 12.4 Å². The number of nitrogens with two attached hydrogens (primary N) is 1. The fourth-order valence-corrected chi connectivity index (χ4v) is 2.87. The Morgan fingerprint density at radius 2 is 2.00 bits per heavy atom. The van der Waals surface area contributed by atoms with E-state index in [-0.39, 0.29) is 12.4 Å². The summed E-state index contributed by atoms with van der Waals surface area (Å²) in [6.07, 6.45) is 4.01. The van der Waals surface area contributed by atoms with Crippen LogP contribution in [0.1, 0.15) is 37.2 Å². The van der Waals surface area contributed by atoms with Crippen LogP contribution in [0.25, 0.3) is 11.5 Å². The molecule has 2 N–H and O–H groups in total. The van der Waals surface area contributed by atoms with Crippen molar-refractivity contribution in [2.45, 2.75) is 38.1 Å². The molecule has 1 fully saturated rings. The van der Waals surface area contributed by atoms with E-state index in [4.69, 9.17) is 15.0 Å². The molecule has 1 aliphatic carbocycles. The summed E-state index contributed by atoms with van der Waals surface area (Å²) in [6, 6.07) is 0. The van der Waals surface area contributed by atoms with E-state index in [2.05, 4.69) is 15.2 Å². The number of halogens is 1. The van der Waals surface area contributed by atoms with Crippen LogP contribution in [0, 0.1) is 6.92 Å². The summed E-state index contributed by atoms with van der Waals surface area (Å²) in [5.74, 6) is 1.60. The predicted molar refractivity (Wildman–Crippen MR) is 79.4 cm³/mol. The maximum absolute atomic E-state index is 6.35. The summed E-state index contributed by atoms with van der Waals surface area (Å²) in [4.78, 5) is 4.48. The molecule has 0 radical (unpaired) electrons. The minimum atomic E-state index is -0.453. The van der Waals surface area contributed by atoms with Crippen molar-refractivity contribution in [1.82, 2.24) is 19.9 Å². The Morgan fingerprint density at radius 3 is 2.62 bits per heavy atom. The topological polar surface area (TPSA) is 92.0 Å². The molecule has 3 rings (SSSR count). The van der Waals surface area contributed by atoms with Gasteiger partial charge in [0.2, 0.25) is 5.88 Å². The molecular formula is C13H20ClN5O2. The van der Waals surface area contributed by atoms with Crippen molar-refractivity contribution in [2.24, 2.45) is 12.8 Å². The molecule has 0 aliphatic heterocycles. The van der Waals surface area contributed by atoms with Gasteiger partial charge in [0.1, 0.15) is 5.56 Å². The maximum Gasteiger partial charge on any atom is 0.265 e. The number of hydrogen-bond acceptors (Lipinski definition) is 6. The smallest absolute Gasteiger partial charge is 0.265 e. The van der Waals surface area contributed by atoms with E-state index >= 15 is 0 Å². The summed E-state index contributed by atoms with van der Waals surface area (Å²) < 4.78 is 12.4. The van der Waals surface area contributed by atoms with E-state index in [1.165, 1.54) is 0 Å². The van der Waals surface area contributed by atoms with Crippen LogP contribution in [0.3, 0.4) is 0 Å². The lowest BCUT2D eigenvalue weighted by molar-refractivity contribution is 0.363. The van der Waals surface area contributed by atoms with Gasteiger partial charge in [-0.3, -0.25) is 0 Å². The number of ether oxygens (including phenoxy) is 1. The molecule has 7 nitrogen and oxygen atoms in total. The van der Waals surface area contributed by atoms with Crippen molar-refractivity contribution in [2.75, 3.05) is 7.11 Å².